The highest BCUT2D eigenvalue weighted by Crippen LogP contribution is 2.33. The number of halogens is 3. The maximum absolute atomic E-state index is 12.9. The Balaban J connectivity index is 1.48. The molecule has 4 nitrogen and oxygen atoms in total. The highest BCUT2D eigenvalue weighted by molar-refractivity contribution is 5.93. The van der Waals surface area contributed by atoms with Gasteiger partial charge in [0, 0.05) is 55.7 Å². The van der Waals surface area contributed by atoms with Gasteiger partial charge in [0.25, 0.3) is 0 Å². The van der Waals surface area contributed by atoms with Crippen molar-refractivity contribution in [3.63, 3.8) is 0 Å². The Hall–Kier alpha value is -2.64. The molecule has 1 aliphatic rings. The Labute approximate surface area is 168 Å². The van der Waals surface area contributed by atoms with Gasteiger partial charge in [0.1, 0.15) is 0 Å². The molecule has 2 heterocycles. The van der Waals surface area contributed by atoms with E-state index in [2.05, 4.69) is 39.3 Å². The molecule has 0 atom stereocenters. The first-order valence-corrected chi connectivity index (χ1v) is 9.61. The van der Waals surface area contributed by atoms with Crippen LogP contribution in [0.2, 0.25) is 0 Å². The number of benzene rings is 2. The van der Waals surface area contributed by atoms with Crippen molar-refractivity contribution in [2.24, 2.45) is 0 Å². The third kappa shape index (κ3) is 4.68. The zero-order valence-corrected chi connectivity index (χ0v) is 16.2. The van der Waals surface area contributed by atoms with Crippen LogP contribution in [0.5, 0.6) is 0 Å². The summed E-state index contributed by atoms with van der Waals surface area (Å²) in [5.41, 5.74) is 2.49. The number of anilines is 2. The molecule has 0 amide bonds. The number of hydrogen-bond donors (Lipinski definition) is 1. The second-order valence-corrected chi connectivity index (χ2v) is 7.49. The SMILES string of the molecule is CN1CCN(Cc2ccc(Nc3ccnc4cc(C(F)(F)F)ccc34)cc2)CC1. The molecular weight excluding hydrogens is 377 g/mol. The number of likely N-dealkylation sites (N-methyl/N-ethyl adjacent to an activating group) is 1. The van der Waals surface area contributed by atoms with E-state index in [1.54, 1.807) is 6.07 Å². The lowest BCUT2D eigenvalue weighted by molar-refractivity contribution is -0.137. The van der Waals surface area contributed by atoms with Gasteiger partial charge < -0.3 is 10.2 Å². The van der Waals surface area contributed by atoms with Gasteiger partial charge in [-0.1, -0.05) is 18.2 Å². The van der Waals surface area contributed by atoms with Gasteiger partial charge in [-0.05, 0) is 42.9 Å². The normalized spacial score (nSPS) is 16.3. The Morgan fingerprint density at radius 1 is 0.966 bits per heavy atom. The van der Waals surface area contributed by atoms with Crippen LogP contribution in [0.15, 0.2) is 54.7 Å². The zero-order chi connectivity index (χ0) is 20.4. The number of fused-ring (bicyclic) bond motifs is 1. The van der Waals surface area contributed by atoms with Crippen LogP contribution in [0.4, 0.5) is 24.5 Å². The van der Waals surface area contributed by atoms with E-state index in [-0.39, 0.29) is 0 Å². The van der Waals surface area contributed by atoms with Crippen molar-refractivity contribution in [2.75, 3.05) is 38.5 Å². The predicted molar refractivity (Wildman–Crippen MR) is 109 cm³/mol. The van der Waals surface area contributed by atoms with Gasteiger partial charge in [0.15, 0.2) is 0 Å². The van der Waals surface area contributed by atoms with Crippen LogP contribution in [-0.2, 0) is 12.7 Å². The Morgan fingerprint density at radius 2 is 1.69 bits per heavy atom. The van der Waals surface area contributed by atoms with Gasteiger partial charge in [-0.3, -0.25) is 9.88 Å². The van der Waals surface area contributed by atoms with Crippen molar-refractivity contribution in [3.8, 4) is 0 Å². The number of aromatic nitrogens is 1. The molecule has 0 spiro atoms. The summed E-state index contributed by atoms with van der Waals surface area (Å²) in [5.74, 6) is 0. The highest BCUT2D eigenvalue weighted by atomic mass is 19.4. The van der Waals surface area contributed by atoms with Gasteiger partial charge in [0.2, 0.25) is 0 Å². The lowest BCUT2D eigenvalue weighted by Crippen LogP contribution is -2.43. The van der Waals surface area contributed by atoms with E-state index in [1.165, 1.54) is 17.8 Å². The number of rotatable bonds is 4. The Kier molecular flexibility index (Phi) is 5.43. The number of piperazine rings is 1. The van der Waals surface area contributed by atoms with Gasteiger partial charge in [0.05, 0.1) is 11.1 Å². The number of alkyl halides is 3. The van der Waals surface area contributed by atoms with Crippen molar-refractivity contribution in [3.05, 3.63) is 65.9 Å². The molecular formula is C22H23F3N4. The minimum absolute atomic E-state index is 0.316. The molecule has 1 N–H and O–H groups in total. The number of pyridine rings is 1. The van der Waals surface area contributed by atoms with E-state index >= 15 is 0 Å². The largest absolute Gasteiger partial charge is 0.416 e. The maximum Gasteiger partial charge on any atom is 0.416 e. The topological polar surface area (TPSA) is 31.4 Å². The van der Waals surface area contributed by atoms with Crippen LogP contribution in [0.1, 0.15) is 11.1 Å². The molecule has 0 aliphatic carbocycles. The molecule has 1 saturated heterocycles. The smallest absolute Gasteiger partial charge is 0.355 e. The molecule has 4 rings (SSSR count). The molecule has 0 bridgehead atoms. The predicted octanol–water partition coefficient (Wildman–Crippen LogP) is 4.74. The van der Waals surface area contributed by atoms with Crippen molar-refractivity contribution in [1.29, 1.82) is 0 Å². The molecule has 0 radical (unpaired) electrons. The standard InChI is InChI=1S/C22H23F3N4/c1-28-10-12-29(13-11-28)15-16-2-5-18(6-3-16)27-20-8-9-26-21-14-17(22(23,24)25)4-7-19(20)21/h2-9,14H,10-13,15H2,1H3,(H,26,27). The molecule has 0 unspecified atom stereocenters. The van der Waals surface area contributed by atoms with Crippen molar-refractivity contribution in [2.45, 2.75) is 12.7 Å². The molecule has 7 heteroatoms. The second kappa shape index (κ2) is 8.00. The second-order valence-electron chi connectivity index (χ2n) is 7.49. The molecule has 2 aromatic carbocycles. The van der Waals surface area contributed by atoms with Crippen LogP contribution in [0.25, 0.3) is 10.9 Å². The molecule has 3 aromatic rings. The third-order valence-corrected chi connectivity index (χ3v) is 5.31. The summed E-state index contributed by atoms with van der Waals surface area (Å²) >= 11 is 0. The van der Waals surface area contributed by atoms with Crippen molar-refractivity contribution < 1.29 is 13.2 Å². The summed E-state index contributed by atoms with van der Waals surface area (Å²) < 4.78 is 38.8. The third-order valence-electron chi connectivity index (χ3n) is 5.31. The maximum atomic E-state index is 12.9. The van der Waals surface area contributed by atoms with Gasteiger partial charge in [-0.25, -0.2) is 0 Å². The summed E-state index contributed by atoms with van der Waals surface area (Å²) in [7, 11) is 2.14. The number of hydrogen-bond acceptors (Lipinski definition) is 4. The monoisotopic (exact) mass is 400 g/mol. The molecule has 1 aliphatic heterocycles. The van der Waals surface area contributed by atoms with Gasteiger partial charge in [-0.2, -0.15) is 13.2 Å². The van der Waals surface area contributed by atoms with E-state index in [4.69, 9.17) is 0 Å². The van der Waals surface area contributed by atoms with Crippen molar-refractivity contribution >= 4 is 22.3 Å². The number of nitrogens with zero attached hydrogens (tertiary/aromatic N) is 3. The quantitative estimate of drug-likeness (QED) is 0.685. The average Bonchev–Trinajstić information content (AvgIpc) is 2.70. The van der Waals surface area contributed by atoms with Crippen LogP contribution >= 0.6 is 0 Å². The van der Waals surface area contributed by atoms with Gasteiger partial charge in [-0.15, -0.1) is 0 Å². The lowest BCUT2D eigenvalue weighted by Gasteiger charge is -2.32. The Morgan fingerprint density at radius 3 is 2.38 bits per heavy atom. The minimum atomic E-state index is -4.38. The van der Waals surface area contributed by atoms with E-state index in [9.17, 15) is 13.2 Å². The lowest BCUT2D eigenvalue weighted by atomic mass is 10.1. The van der Waals surface area contributed by atoms with E-state index < -0.39 is 11.7 Å². The van der Waals surface area contributed by atoms with Crippen LogP contribution < -0.4 is 5.32 Å². The van der Waals surface area contributed by atoms with Crippen LogP contribution in [0, 0.1) is 0 Å². The first kappa shape index (κ1) is 19.7. The average molecular weight is 400 g/mol. The molecule has 1 fully saturated rings. The van der Waals surface area contributed by atoms with Crippen molar-refractivity contribution in [1.82, 2.24) is 14.8 Å². The fraction of sp³-hybridized carbons (Fsp3) is 0.318. The fourth-order valence-corrected chi connectivity index (χ4v) is 3.55. The molecule has 152 valence electrons. The summed E-state index contributed by atoms with van der Waals surface area (Å²) in [6.07, 6.45) is -2.86. The summed E-state index contributed by atoms with van der Waals surface area (Å²) in [4.78, 5) is 8.87. The van der Waals surface area contributed by atoms with E-state index in [0.29, 0.717) is 10.9 Å². The van der Waals surface area contributed by atoms with Crippen LogP contribution in [0.3, 0.4) is 0 Å². The minimum Gasteiger partial charge on any atom is -0.355 e. The van der Waals surface area contributed by atoms with Gasteiger partial charge >= 0.3 is 6.18 Å². The molecule has 1 aromatic heterocycles. The van der Waals surface area contributed by atoms with E-state index in [0.717, 1.165) is 56.2 Å². The van der Waals surface area contributed by atoms with E-state index in [1.807, 2.05) is 12.1 Å². The summed E-state index contributed by atoms with van der Waals surface area (Å²) in [6, 6.07) is 13.6. The summed E-state index contributed by atoms with van der Waals surface area (Å²) in [5, 5.41) is 3.95. The van der Waals surface area contributed by atoms with Crippen LogP contribution in [-0.4, -0.2) is 48.0 Å². The Bertz CT molecular complexity index is 978. The first-order chi connectivity index (χ1) is 13.9. The molecule has 0 saturated carbocycles. The molecule has 29 heavy (non-hydrogen) atoms. The number of nitrogens with one attached hydrogen (secondary N) is 1. The zero-order valence-electron chi connectivity index (χ0n) is 16.2. The fourth-order valence-electron chi connectivity index (χ4n) is 3.55. The summed E-state index contributed by atoms with van der Waals surface area (Å²) in [6.45, 7) is 5.24. The highest BCUT2D eigenvalue weighted by Gasteiger charge is 2.30. The first-order valence-electron chi connectivity index (χ1n) is 9.61.